The molecule has 24 heteroatoms. The third-order valence-corrected chi connectivity index (χ3v) is 15.0. The summed E-state index contributed by atoms with van der Waals surface area (Å²) in [5.74, 6) is -0.892. The number of piperazine rings is 1. The van der Waals surface area contributed by atoms with Gasteiger partial charge in [-0.2, -0.15) is 26.3 Å². The summed E-state index contributed by atoms with van der Waals surface area (Å²) in [7, 11) is 1.76. The molecule has 2 aromatic heterocycles. The topological polar surface area (TPSA) is 188 Å². The number of benzene rings is 2. The number of aliphatic hydroxyl groups excluding tert-OH is 1. The van der Waals surface area contributed by atoms with E-state index >= 15 is 4.39 Å². The highest BCUT2D eigenvalue weighted by Crippen LogP contribution is 2.45. The van der Waals surface area contributed by atoms with Gasteiger partial charge in [-0.3, -0.25) is 29.7 Å². The molecule has 3 aliphatic rings. The normalized spacial score (nSPS) is 18.6. The van der Waals surface area contributed by atoms with Gasteiger partial charge < -0.3 is 34.9 Å². The molecule has 5 heterocycles. The molecule has 4 aromatic rings. The van der Waals surface area contributed by atoms with Crippen LogP contribution in [0.2, 0.25) is 0 Å². The number of amides is 3. The predicted molar refractivity (Wildman–Crippen MR) is 271 cm³/mol. The quantitative estimate of drug-likeness (QED) is 0.0330. The summed E-state index contributed by atoms with van der Waals surface area (Å²) in [4.78, 5) is 66.6. The second-order valence-electron chi connectivity index (χ2n) is 21.0. The van der Waals surface area contributed by atoms with Gasteiger partial charge in [-0.05, 0) is 81.1 Å². The van der Waals surface area contributed by atoms with Crippen molar-refractivity contribution in [3.63, 3.8) is 0 Å². The Balaban J connectivity index is 1.16. The van der Waals surface area contributed by atoms with Gasteiger partial charge in [0.1, 0.15) is 23.5 Å². The number of anilines is 1. The number of halogens is 8. The summed E-state index contributed by atoms with van der Waals surface area (Å²) in [6.45, 7) is 4.33. The van der Waals surface area contributed by atoms with Crippen LogP contribution in [-0.4, -0.2) is 145 Å². The lowest BCUT2D eigenvalue weighted by Gasteiger charge is -2.47. The van der Waals surface area contributed by atoms with Crippen LogP contribution in [0, 0.1) is 40.2 Å². The average molecular weight is 1120 g/mol. The molecule has 3 amide bonds. The van der Waals surface area contributed by atoms with Crippen LogP contribution in [0.4, 0.5) is 45.7 Å². The largest absolute Gasteiger partial charge is 0.469 e. The van der Waals surface area contributed by atoms with Gasteiger partial charge in [0, 0.05) is 66.7 Å². The highest BCUT2D eigenvalue weighted by atomic mass is 19.4. The molecule has 3 saturated heterocycles. The number of fused-ring (bicyclic) bond motifs is 2. The zero-order chi connectivity index (χ0) is 57.6. The Kier molecular flexibility index (Phi) is 18.6. The SMILES string of the molecule is COC(=O)C[C@H](C(=O)NN(Cc1ccc(-c2ccc(F)cn2)cc1F)C[C@H](O)[C@H](Cc1ccc(C#Cc2ccc(N3CC4CCC(C3)N4C3COC3)nc2)cc1)NC(=O)[C@@H](NC(=O)OC)C(C)(C)C(F)(F)F)C(C)(C)C(F)(F)F. The molecule has 7 rings (SSSR count). The van der Waals surface area contributed by atoms with Crippen molar-refractivity contribution in [2.24, 2.45) is 16.7 Å². The molecule has 16 nitrogen and oxygen atoms in total. The minimum atomic E-state index is -5.11. The van der Waals surface area contributed by atoms with Gasteiger partial charge >= 0.3 is 24.4 Å². The van der Waals surface area contributed by atoms with Crippen molar-refractivity contribution in [2.45, 2.75) is 109 Å². The van der Waals surface area contributed by atoms with Crippen molar-refractivity contribution in [1.29, 1.82) is 0 Å². The van der Waals surface area contributed by atoms with Gasteiger partial charge in [-0.15, -0.1) is 0 Å². The fourth-order valence-corrected chi connectivity index (χ4v) is 9.79. The van der Waals surface area contributed by atoms with E-state index in [1.807, 2.05) is 17.4 Å². The fraction of sp³-hybridized carbons (Fsp3) is 0.491. The van der Waals surface area contributed by atoms with Crippen molar-refractivity contribution in [3.8, 4) is 23.1 Å². The minimum Gasteiger partial charge on any atom is -0.469 e. The van der Waals surface area contributed by atoms with E-state index < -0.39 is 102 Å². The Morgan fingerprint density at radius 3 is 1.97 bits per heavy atom. The molecule has 2 bridgehead atoms. The van der Waals surface area contributed by atoms with Crippen molar-refractivity contribution in [1.82, 2.24) is 35.9 Å². The standard InChI is InChI=1S/C55H62F8N8O8/c1-52(2,54(58,59)60)41(23-47(73)77-5)49(74)68-70(26-36-15-14-35(22-42(36)57)43-19-16-37(56)25-64-43)29-45(72)44(66-50(75)48(67-51(76)78-6)53(3,4)55(61,62)63)21-33-10-7-32(8-11-33)9-12-34-13-20-46(65-24-34)69-27-38-17-18-39(28-69)71(38)40-30-79-31-40/h7-8,10-11,13-16,19-20,22,24-25,38-41,44-45,48,72H,17-18,21,23,26-31H2,1-6H3,(H,66,75)(H,67,76)(H,68,74)/t38?,39?,41-,44+,45+,48-/m1/s1. The fourth-order valence-electron chi connectivity index (χ4n) is 9.79. The Bertz CT molecular complexity index is 2850. The second-order valence-corrected chi connectivity index (χ2v) is 21.0. The molecule has 79 heavy (non-hydrogen) atoms. The van der Waals surface area contributed by atoms with E-state index in [9.17, 15) is 55.0 Å². The third kappa shape index (κ3) is 14.3. The molecule has 4 N–H and O–H groups in total. The summed E-state index contributed by atoms with van der Waals surface area (Å²) in [5, 5.41) is 17.2. The van der Waals surface area contributed by atoms with E-state index in [0.717, 1.165) is 82.5 Å². The van der Waals surface area contributed by atoms with E-state index in [1.54, 1.807) is 30.5 Å². The lowest BCUT2D eigenvalue weighted by molar-refractivity contribution is -0.231. The van der Waals surface area contributed by atoms with Gasteiger partial charge in [-0.25, -0.2) is 23.6 Å². The second kappa shape index (κ2) is 24.6. The van der Waals surface area contributed by atoms with Crippen LogP contribution in [0.1, 0.15) is 69.2 Å². The van der Waals surface area contributed by atoms with E-state index in [2.05, 4.69) is 46.8 Å². The Morgan fingerprint density at radius 2 is 1.43 bits per heavy atom. The zero-order valence-electron chi connectivity index (χ0n) is 44.2. The number of aromatic nitrogens is 2. The van der Waals surface area contributed by atoms with E-state index in [0.29, 0.717) is 62.5 Å². The number of hydrogen-bond acceptors (Lipinski definition) is 13. The van der Waals surface area contributed by atoms with Gasteiger partial charge in [-0.1, -0.05) is 50.0 Å². The number of hydrazine groups is 1. The smallest absolute Gasteiger partial charge is 0.407 e. The minimum absolute atomic E-state index is 0.161. The number of ether oxygens (including phenoxy) is 3. The van der Waals surface area contributed by atoms with Crippen LogP contribution < -0.4 is 21.0 Å². The zero-order valence-corrected chi connectivity index (χ0v) is 44.2. The Labute approximate surface area is 451 Å². The summed E-state index contributed by atoms with van der Waals surface area (Å²) in [5.41, 5.74) is -1.98. The van der Waals surface area contributed by atoms with E-state index in [-0.39, 0.29) is 23.2 Å². The molecule has 0 saturated carbocycles. The molecular weight excluding hydrogens is 1050 g/mol. The Hall–Kier alpha value is -6.94. The summed E-state index contributed by atoms with van der Waals surface area (Å²) in [6, 6.07) is 13.4. The number of nitrogens with zero attached hydrogens (tertiary/aromatic N) is 5. The maximum Gasteiger partial charge on any atom is 0.407 e. The van der Waals surface area contributed by atoms with Crippen molar-refractivity contribution >= 4 is 29.7 Å². The lowest BCUT2D eigenvalue weighted by Crippen LogP contribution is -2.62. The van der Waals surface area contributed by atoms with Gasteiger partial charge in [0.2, 0.25) is 11.8 Å². The first-order valence-corrected chi connectivity index (χ1v) is 25.3. The molecule has 426 valence electrons. The third-order valence-electron chi connectivity index (χ3n) is 15.0. The van der Waals surface area contributed by atoms with Crippen LogP contribution in [0.5, 0.6) is 0 Å². The summed E-state index contributed by atoms with van der Waals surface area (Å²) >= 11 is 0. The van der Waals surface area contributed by atoms with Gasteiger partial charge in [0.05, 0.1) is 80.7 Å². The number of nitrogens with one attached hydrogen (secondary N) is 3. The molecule has 3 aliphatic heterocycles. The van der Waals surface area contributed by atoms with Crippen LogP contribution in [-0.2, 0) is 41.6 Å². The molecule has 2 unspecified atom stereocenters. The number of alkyl carbamates (subject to hydrolysis) is 1. The maximum absolute atomic E-state index is 16.0. The maximum atomic E-state index is 16.0. The molecule has 2 aromatic carbocycles. The number of carbonyl (C=O) groups is 4. The molecule has 6 atom stereocenters. The molecule has 0 aliphatic carbocycles. The first-order valence-electron chi connectivity index (χ1n) is 25.3. The predicted octanol–water partition coefficient (Wildman–Crippen LogP) is 6.88. The van der Waals surface area contributed by atoms with E-state index in [4.69, 9.17) is 9.72 Å². The van der Waals surface area contributed by atoms with Gasteiger partial charge in [0.15, 0.2) is 0 Å². The number of alkyl halides is 6. The number of methoxy groups -OCH3 is 2. The number of hydrogen-bond donors (Lipinski definition) is 4. The van der Waals surface area contributed by atoms with Crippen molar-refractivity contribution in [3.05, 3.63) is 113 Å². The summed E-state index contributed by atoms with van der Waals surface area (Å²) < 4.78 is 132. The number of aliphatic hydroxyl groups is 1. The number of esters is 1. The molecule has 0 radical (unpaired) electrons. The van der Waals surface area contributed by atoms with Crippen LogP contribution in [0.25, 0.3) is 11.3 Å². The molecule has 3 fully saturated rings. The number of rotatable bonds is 19. The lowest BCUT2D eigenvalue weighted by atomic mass is 9.75. The first-order chi connectivity index (χ1) is 37.2. The van der Waals surface area contributed by atoms with Gasteiger partial charge in [0.25, 0.3) is 0 Å². The molecule has 0 spiro atoms. The highest BCUT2D eigenvalue weighted by molar-refractivity contribution is 5.87. The molecular formula is C55H62F8N8O8. The first kappa shape index (κ1) is 59.7. The monoisotopic (exact) mass is 1110 g/mol. The average Bonchev–Trinajstić information content (AvgIpc) is 3.65. The van der Waals surface area contributed by atoms with Crippen molar-refractivity contribution < 1.29 is 73.6 Å². The Morgan fingerprint density at radius 1 is 0.785 bits per heavy atom. The number of pyridine rings is 2. The van der Waals surface area contributed by atoms with Crippen LogP contribution in [0.15, 0.2) is 79.1 Å². The number of carbonyl (C=O) groups excluding carboxylic acids is 4. The van der Waals surface area contributed by atoms with Crippen LogP contribution in [0.3, 0.4) is 0 Å². The highest BCUT2D eigenvalue weighted by Gasteiger charge is 2.57. The van der Waals surface area contributed by atoms with Crippen molar-refractivity contribution in [2.75, 3.05) is 52.0 Å². The van der Waals surface area contributed by atoms with E-state index in [1.165, 1.54) is 18.2 Å². The van der Waals surface area contributed by atoms with Crippen LogP contribution >= 0.6 is 0 Å². The summed E-state index contributed by atoms with van der Waals surface area (Å²) in [6.07, 6.45) is -10.2.